The molecule has 0 aliphatic carbocycles. The molecule has 0 spiro atoms. The van der Waals surface area contributed by atoms with Crippen molar-refractivity contribution in [2.45, 2.75) is 57.5 Å². The molecule has 0 saturated carbocycles. The SMILES string of the molecule is CCCCCN(C(C)C)S(=O)(=O)c1c[nH]c(CN)c1. The Labute approximate surface area is 116 Å². The Morgan fingerprint density at radius 1 is 1.37 bits per heavy atom. The highest BCUT2D eigenvalue weighted by atomic mass is 32.2. The summed E-state index contributed by atoms with van der Waals surface area (Å²) in [5.41, 5.74) is 6.23. The maximum absolute atomic E-state index is 12.6. The number of hydrogen-bond acceptors (Lipinski definition) is 3. The third kappa shape index (κ3) is 4.06. The third-order valence-electron chi connectivity index (χ3n) is 3.10. The van der Waals surface area contributed by atoms with Crippen molar-refractivity contribution in [1.29, 1.82) is 0 Å². The van der Waals surface area contributed by atoms with Crippen LogP contribution in [-0.2, 0) is 16.6 Å². The van der Waals surface area contributed by atoms with Crippen molar-refractivity contribution in [3.63, 3.8) is 0 Å². The number of nitrogens with one attached hydrogen (secondary N) is 1. The molecule has 0 fully saturated rings. The molecule has 110 valence electrons. The lowest BCUT2D eigenvalue weighted by molar-refractivity contribution is 0.345. The summed E-state index contributed by atoms with van der Waals surface area (Å²) in [5, 5.41) is 0. The van der Waals surface area contributed by atoms with E-state index in [1.165, 1.54) is 6.20 Å². The van der Waals surface area contributed by atoms with Gasteiger partial charge in [-0.15, -0.1) is 0 Å². The number of H-pyrrole nitrogens is 1. The Hall–Kier alpha value is -0.850. The Bertz CT molecular complexity index is 480. The lowest BCUT2D eigenvalue weighted by Crippen LogP contribution is -2.37. The van der Waals surface area contributed by atoms with Gasteiger partial charge in [-0.3, -0.25) is 0 Å². The first-order chi connectivity index (χ1) is 8.93. The topological polar surface area (TPSA) is 79.2 Å². The van der Waals surface area contributed by atoms with Crippen molar-refractivity contribution < 1.29 is 8.42 Å². The zero-order valence-electron chi connectivity index (χ0n) is 12.0. The van der Waals surface area contributed by atoms with Crippen molar-refractivity contribution in [2.24, 2.45) is 5.73 Å². The minimum Gasteiger partial charge on any atom is -0.363 e. The largest absolute Gasteiger partial charge is 0.363 e. The molecule has 19 heavy (non-hydrogen) atoms. The average Bonchev–Trinajstić information content (AvgIpc) is 2.83. The molecule has 6 heteroatoms. The number of rotatable bonds is 8. The molecule has 1 aromatic heterocycles. The molecular formula is C13H25N3O2S. The van der Waals surface area contributed by atoms with E-state index < -0.39 is 10.0 Å². The highest BCUT2D eigenvalue weighted by Crippen LogP contribution is 2.20. The van der Waals surface area contributed by atoms with E-state index in [0.717, 1.165) is 25.0 Å². The first kappa shape index (κ1) is 16.2. The Morgan fingerprint density at radius 3 is 2.53 bits per heavy atom. The van der Waals surface area contributed by atoms with Crippen LogP contribution in [0.3, 0.4) is 0 Å². The van der Waals surface area contributed by atoms with Crippen LogP contribution in [0.1, 0.15) is 45.7 Å². The lowest BCUT2D eigenvalue weighted by atomic mass is 10.2. The molecule has 0 aromatic carbocycles. The summed E-state index contributed by atoms with van der Waals surface area (Å²) in [6.07, 6.45) is 4.53. The van der Waals surface area contributed by atoms with E-state index in [0.29, 0.717) is 18.0 Å². The van der Waals surface area contributed by atoms with E-state index in [-0.39, 0.29) is 6.04 Å². The molecule has 0 radical (unpaired) electrons. The van der Waals surface area contributed by atoms with Gasteiger partial charge in [-0.2, -0.15) is 4.31 Å². The molecule has 5 nitrogen and oxygen atoms in total. The molecule has 0 unspecified atom stereocenters. The molecule has 0 aliphatic rings. The van der Waals surface area contributed by atoms with E-state index in [4.69, 9.17) is 5.73 Å². The van der Waals surface area contributed by atoms with Crippen LogP contribution in [0.5, 0.6) is 0 Å². The minimum atomic E-state index is -3.42. The fourth-order valence-corrected chi connectivity index (χ4v) is 3.69. The predicted molar refractivity (Wildman–Crippen MR) is 77.2 cm³/mol. The zero-order chi connectivity index (χ0) is 14.5. The van der Waals surface area contributed by atoms with Gasteiger partial charge < -0.3 is 10.7 Å². The van der Waals surface area contributed by atoms with Crippen molar-refractivity contribution in [3.05, 3.63) is 18.0 Å². The highest BCUT2D eigenvalue weighted by Gasteiger charge is 2.27. The molecule has 1 aromatic rings. The predicted octanol–water partition coefficient (Wildman–Crippen LogP) is 2.06. The van der Waals surface area contributed by atoms with Gasteiger partial charge in [0.1, 0.15) is 0 Å². The van der Waals surface area contributed by atoms with Gasteiger partial charge in [0.2, 0.25) is 10.0 Å². The molecule has 0 bridgehead atoms. The van der Waals surface area contributed by atoms with Crippen LogP contribution in [-0.4, -0.2) is 30.3 Å². The molecule has 1 heterocycles. The monoisotopic (exact) mass is 287 g/mol. The molecule has 0 aliphatic heterocycles. The van der Waals surface area contributed by atoms with Gasteiger partial charge in [0.25, 0.3) is 0 Å². The number of nitrogens with two attached hydrogens (primary N) is 1. The maximum Gasteiger partial charge on any atom is 0.244 e. The number of nitrogens with zero attached hydrogens (tertiary/aromatic N) is 1. The fourth-order valence-electron chi connectivity index (χ4n) is 1.99. The molecule has 0 atom stereocenters. The van der Waals surface area contributed by atoms with E-state index in [1.807, 2.05) is 13.8 Å². The first-order valence-electron chi connectivity index (χ1n) is 6.82. The van der Waals surface area contributed by atoms with E-state index >= 15 is 0 Å². The zero-order valence-corrected chi connectivity index (χ0v) is 12.8. The summed E-state index contributed by atoms with van der Waals surface area (Å²) in [6, 6.07) is 1.57. The van der Waals surface area contributed by atoms with Crippen LogP contribution in [0.25, 0.3) is 0 Å². The van der Waals surface area contributed by atoms with E-state index in [9.17, 15) is 8.42 Å². The van der Waals surface area contributed by atoms with E-state index in [1.54, 1.807) is 10.4 Å². The van der Waals surface area contributed by atoms with Gasteiger partial charge in [-0.25, -0.2) is 8.42 Å². The van der Waals surface area contributed by atoms with Crippen molar-refractivity contribution >= 4 is 10.0 Å². The Morgan fingerprint density at radius 2 is 2.05 bits per heavy atom. The van der Waals surface area contributed by atoms with Crippen LogP contribution in [0.4, 0.5) is 0 Å². The third-order valence-corrected chi connectivity index (χ3v) is 5.15. The smallest absolute Gasteiger partial charge is 0.244 e. The second-order valence-electron chi connectivity index (χ2n) is 4.98. The van der Waals surface area contributed by atoms with Gasteiger partial charge >= 0.3 is 0 Å². The first-order valence-corrected chi connectivity index (χ1v) is 8.26. The lowest BCUT2D eigenvalue weighted by Gasteiger charge is -2.25. The van der Waals surface area contributed by atoms with E-state index in [2.05, 4.69) is 11.9 Å². The van der Waals surface area contributed by atoms with Crippen LogP contribution in [0.2, 0.25) is 0 Å². The standard InChI is InChI=1S/C13H25N3O2S/c1-4-5-6-7-16(11(2)3)19(17,18)13-8-12(9-14)15-10-13/h8,10-11,15H,4-7,9,14H2,1-3H3. The van der Waals surface area contributed by atoms with Gasteiger partial charge in [0, 0.05) is 31.0 Å². The molecule has 3 N–H and O–H groups in total. The second kappa shape index (κ2) is 7.07. The molecule has 0 amide bonds. The van der Waals surface area contributed by atoms with Gasteiger partial charge in [-0.05, 0) is 26.3 Å². The average molecular weight is 287 g/mol. The summed E-state index contributed by atoms with van der Waals surface area (Å²) in [5.74, 6) is 0. The summed E-state index contributed by atoms with van der Waals surface area (Å²) >= 11 is 0. The van der Waals surface area contributed by atoms with Crippen molar-refractivity contribution in [3.8, 4) is 0 Å². The van der Waals surface area contributed by atoms with Crippen LogP contribution < -0.4 is 5.73 Å². The van der Waals surface area contributed by atoms with Crippen molar-refractivity contribution in [2.75, 3.05) is 6.54 Å². The van der Waals surface area contributed by atoms with Gasteiger partial charge in [0.15, 0.2) is 0 Å². The second-order valence-corrected chi connectivity index (χ2v) is 6.87. The van der Waals surface area contributed by atoms with Gasteiger partial charge in [0.05, 0.1) is 4.90 Å². The van der Waals surface area contributed by atoms with Gasteiger partial charge in [-0.1, -0.05) is 19.8 Å². The number of hydrogen-bond donors (Lipinski definition) is 2. The van der Waals surface area contributed by atoms with Crippen LogP contribution in [0.15, 0.2) is 17.2 Å². The number of unbranched alkanes of at least 4 members (excludes halogenated alkanes) is 2. The minimum absolute atomic E-state index is 0.0434. The number of aromatic nitrogens is 1. The molecule has 1 rings (SSSR count). The highest BCUT2D eigenvalue weighted by molar-refractivity contribution is 7.89. The van der Waals surface area contributed by atoms with Crippen LogP contribution >= 0.6 is 0 Å². The Balaban J connectivity index is 2.92. The maximum atomic E-state index is 12.6. The quantitative estimate of drug-likeness (QED) is 0.718. The summed E-state index contributed by atoms with van der Waals surface area (Å²) in [4.78, 5) is 3.20. The number of sulfonamides is 1. The molecule has 0 saturated heterocycles. The summed E-state index contributed by atoms with van der Waals surface area (Å²) in [7, 11) is -3.42. The normalized spacial score (nSPS) is 12.5. The summed E-state index contributed by atoms with van der Waals surface area (Å²) in [6.45, 7) is 6.79. The molecular weight excluding hydrogens is 262 g/mol. The van der Waals surface area contributed by atoms with Crippen LogP contribution in [0, 0.1) is 0 Å². The summed E-state index contributed by atoms with van der Waals surface area (Å²) < 4.78 is 26.7. The fraction of sp³-hybridized carbons (Fsp3) is 0.692. The van der Waals surface area contributed by atoms with Crippen molar-refractivity contribution in [1.82, 2.24) is 9.29 Å². The Kier molecular flexibility index (Phi) is 6.03. The number of aromatic amines is 1.